The van der Waals surface area contributed by atoms with Crippen LogP contribution in [0.3, 0.4) is 0 Å². The van der Waals surface area contributed by atoms with E-state index in [9.17, 15) is 14.5 Å². The van der Waals surface area contributed by atoms with Gasteiger partial charge in [-0.2, -0.15) is 0 Å². The SMILES string of the molecule is O=[N+]([O-])c1ccccc1-c1ccc(C[NH+]2CCN(c3ccccc3F)CC2)o1. The fourth-order valence-electron chi connectivity index (χ4n) is 3.65. The molecule has 0 atom stereocenters. The number of furan rings is 1. The van der Waals surface area contributed by atoms with Gasteiger partial charge in [0.15, 0.2) is 5.76 Å². The van der Waals surface area contributed by atoms with Crippen LogP contribution in [0, 0.1) is 15.9 Å². The van der Waals surface area contributed by atoms with E-state index in [4.69, 9.17) is 4.42 Å². The minimum absolute atomic E-state index is 0.0363. The zero-order chi connectivity index (χ0) is 19.5. The lowest BCUT2D eigenvalue weighted by molar-refractivity contribution is -0.915. The predicted octanol–water partition coefficient (Wildman–Crippen LogP) is 2.90. The van der Waals surface area contributed by atoms with Gasteiger partial charge in [-0.1, -0.05) is 24.3 Å². The molecule has 1 N–H and O–H groups in total. The molecule has 4 rings (SSSR count). The fourth-order valence-corrected chi connectivity index (χ4v) is 3.65. The van der Waals surface area contributed by atoms with Crippen molar-refractivity contribution in [3.8, 4) is 11.3 Å². The molecule has 1 aliphatic rings. The van der Waals surface area contributed by atoms with E-state index in [1.54, 1.807) is 30.3 Å². The van der Waals surface area contributed by atoms with Gasteiger partial charge in [-0.05, 0) is 30.3 Å². The summed E-state index contributed by atoms with van der Waals surface area (Å²) in [6.45, 7) is 3.99. The van der Waals surface area contributed by atoms with E-state index in [2.05, 4.69) is 4.90 Å². The molecule has 28 heavy (non-hydrogen) atoms. The zero-order valence-electron chi connectivity index (χ0n) is 15.3. The average Bonchev–Trinajstić information content (AvgIpc) is 3.17. The van der Waals surface area contributed by atoms with Gasteiger partial charge >= 0.3 is 0 Å². The van der Waals surface area contributed by atoms with Gasteiger partial charge in [0.2, 0.25) is 0 Å². The summed E-state index contributed by atoms with van der Waals surface area (Å²) in [6.07, 6.45) is 0. The lowest BCUT2D eigenvalue weighted by atomic mass is 10.1. The van der Waals surface area contributed by atoms with Gasteiger partial charge in [-0.15, -0.1) is 0 Å². The van der Waals surface area contributed by atoms with Gasteiger partial charge in [0, 0.05) is 6.07 Å². The molecule has 0 spiro atoms. The van der Waals surface area contributed by atoms with Gasteiger partial charge in [0.25, 0.3) is 5.69 Å². The lowest BCUT2D eigenvalue weighted by Gasteiger charge is -2.33. The highest BCUT2D eigenvalue weighted by molar-refractivity contribution is 5.69. The van der Waals surface area contributed by atoms with E-state index in [1.165, 1.54) is 17.0 Å². The third kappa shape index (κ3) is 3.75. The maximum absolute atomic E-state index is 14.0. The van der Waals surface area contributed by atoms with Gasteiger partial charge in [-0.3, -0.25) is 10.1 Å². The molecule has 2 aromatic carbocycles. The van der Waals surface area contributed by atoms with Crippen LogP contribution in [0.2, 0.25) is 0 Å². The van der Waals surface area contributed by atoms with Crippen LogP contribution in [0.1, 0.15) is 5.76 Å². The molecule has 1 saturated heterocycles. The first-order valence-corrected chi connectivity index (χ1v) is 9.27. The summed E-state index contributed by atoms with van der Waals surface area (Å²) in [4.78, 5) is 14.2. The first-order chi connectivity index (χ1) is 13.6. The molecule has 1 fully saturated rings. The van der Waals surface area contributed by atoms with Gasteiger partial charge in [0.1, 0.15) is 18.1 Å². The Kier molecular flexibility index (Phi) is 5.08. The Balaban J connectivity index is 1.41. The Labute approximate surface area is 161 Å². The summed E-state index contributed by atoms with van der Waals surface area (Å²) in [5, 5.41) is 11.2. The number of piperazine rings is 1. The van der Waals surface area contributed by atoms with E-state index in [1.807, 2.05) is 18.2 Å². The number of halogens is 1. The molecule has 0 radical (unpaired) electrons. The maximum atomic E-state index is 14.0. The Morgan fingerprint density at radius 3 is 2.50 bits per heavy atom. The van der Waals surface area contributed by atoms with E-state index < -0.39 is 4.92 Å². The van der Waals surface area contributed by atoms with Crippen molar-refractivity contribution in [2.45, 2.75) is 6.54 Å². The van der Waals surface area contributed by atoms with Gasteiger partial charge in [-0.25, -0.2) is 4.39 Å². The van der Waals surface area contributed by atoms with Gasteiger partial charge < -0.3 is 14.2 Å². The first kappa shape index (κ1) is 18.2. The third-order valence-electron chi connectivity index (χ3n) is 5.12. The molecule has 0 saturated carbocycles. The second-order valence-corrected chi connectivity index (χ2v) is 6.91. The van der Waals surface area contributed by atoms with Crippen LogP contribution in [0.15, 0.2) is 65.1 Å². The molecule has 1 aliphatic heterocycles. The highest BCUT2D eigenvalue weighted by Crippen LogP contribution is 2.30. The second-order valence-electron chi connectivity index (χ2n) is 6.91. The highest BCUT2D eigenvalue weighted by Gasteiger charge is 2.24. The van der Waals surface area contributed by atoms with Crippen LogP contribution >= 0.6 is 0 Å². The van der Waals surface area contributed by atoms with E-state index in [0.717, 1.165) is 31.9 Å². The lowest BCUT2D eigenvalue weighted by Crippen LogP contribution is -3.13. The van der Waals surface area contributed by atoms with Crippen molar-refractivity contribution in [1.82, 2.24) is 0 Å². The fraction of sp³-hybridized carbons (Fsp3) is 0.238. The minimum atomic E-state index is -0.398. The van der Waals surface area contributed by atoms with Crippen molar-refractivity contribution in [3.05, 3.63) is 82.4 Å². The Morgan fingerprint density at radius 2 is 1.75 bits per heavy atom. The smallest absolute Gasteiger partial charge is 0.280 e. The predicted molar refractivity (Wildman–Crippen MR) is 104 cm³/mol. The van der Waals surface area contributed by atoms with Crippen LogP contribution in [0.4, 0.5) is 15.8 Å². The number of nitro groups is 1. The van der Waals surface area contributed by atoms with Crippen LogP contribution in [-0.2, 0) is 6.54 Å². The number of quaternary nitrogens is 1. The molecule has 1 aromatic heterocycles. The zero-order valence-corrected chi connectivity index (χ0v) is 15.3. The van der Waals surface area contributed by atoms with E-state index in [0.29, 0.717) is 23.6 Å². The largest absolute Gasteiger partial charge is 0.455 e. The quantitative estimate of drug-likeness (QED) is 0.544. The third-order valence-corrected chi connectivity index (χ3v) is 5.12. The Hall–Kier alpha value is -3.19. The Morgan fingerprint density at radius 1 is 1.04 bits per heavy atom. The molecule has 3 aromatic rings. The second kappa shape index (κ2) is 7.82. The molecule has 6 nitrogen and oxygen atoms in total. The van der Waals surface area contributed by atoms with Crippen molar-refractivity contribution >= 4 is 11.4 Å². The number of anilines is 1. The molecule has 0 bridgehead atoms. The molecule has 7 heteroatoms. The summed E-state index contributed by atoms with van der Waals surface area (Å²) in [5.41, 5.74) is 1.17. The number of rotatable bonds is 5. The summed E-state index contributed by atoms with van der Waals surface area (Å²) >= 11 is 0. The first-order valence-electron chi connectivity index (χ1n) is 9.27. The van der Waals surface area contributed by atoms with Crippen molar-refractivity contribution in [2.75, 3.05) is 31.1 Å². The molecule has 144 valence electrons. The van der Waals surface area contributed by atoms with Crippen LogP contribution in [0.5, 0.6) is 0 Å². The Bertz CT molecular complexity index is 980. The number of nitrogens with one attached hydrogen (secondary N) is 1. The van der Waals surface area contributed by atoms with Crippen LogP contribution in [-0.4, -0.2) is 31.1 Å². The monoisotopic (exact) mass is 382 g/mol. The average molecular weight is 382 g/mol. The summed E-state index contributed by atoms with van der Waals surface area (Å²) in [7, 11) is 0. The maximum Gasteiger partial charge on any atom is 0.280 e. The minimum Gasteiger partial charge on any atom is -0.455 e. The van der Waals surface area contributed by atoms with E-state index >= 15 is 0 Å². The van der Waals surface area contributed by atoms with Gasteiger partial charge in [0.05, 0.1) is 42.4 Å². The number of hydrogen-bond donors (Lipinski definition) is 1. The van der Waals surface area contributed by atoms with Crippen molar-refractivity contribution in [1.29, 1.82) is 0 Å². The number of nitrogens with zero attached hydrogens (tertiary/aromatic N) is 2. The number of hydrogen-bond acceptors (Lipinski definition) is 4. The number of nitro benzene ring substituents is 1. The number of benzene rings is 2. The van der Waals surface area contributed by atoms with Crippen molar-refractivity contribution < 1.29 is 18.6 Å². The molecular weight excluding hydrogens is 361 g/mol. The highest BCUT2D eigenvalue weighted by atomic mass is 19.1. The summed E-state index contributed by atoms with van der Waals surface area (Å²) in [5.74, 6) is 1.11. The summed E-state index contributed by atoms with van der Waals surface area (Å²) < 4.78 is 19.9. The standard InChI is InChI=1S/C21H20FN3O3/c22-18-6-2-4-8-20(18)24-13-11-23(12-14-24)15-16-9-10-21(28-16)17-5-1-3-7-19(17)25(26)27/h1-10H,11-15H2/p+1. The molecule has 0 aliphatic carbocycles. The number of para-hydroxylation sites is 2. The van der Waals surface area contributed by atoms with Crippen LogP contribution in [0.25, 0.3) is 11.3 Å². The summed E-state index contributed by atoms with van der Waals surface area (Å²) in [6, 6.07) is 17.1. The topological polar surface area (TPSA) is 64.0 Å². The van der Waals surface area contributed by atoms with Crippen LogP contribution < -0.4 is 9.80 Å². The molecular formula is C21H21FN3O3+. The normalized spacial score (nSPS) is 15.0. The molecule has 2 heterocycles. The van der Waals surface area contributed by atoms with Crippen molar-refractivity contribution in [3.63, 3.8) is 0 Å². The van der Waals surface area contributed by atoms with E-state index in [-0.39, 0.29) is 11.5 Å². The molecule has 0 unspecified atom stereocenters. The molecule has 0 amide bonds. The van der Waals surface area contributed by atoms with Crippen molar-refractivity contribution in [2.24, 2.45) is 0 Å².